The highest BCUT2D eigenvalue weighted by atomic mass is 32.1. The van der Waals surface area contributed by atoms with Crippen molar-refractivity contribution in [2.45, 2.75) is 13.8 Å². The van der Waals surface area contributed by atoms with Gasteiger partial charge in [0.1, 0.15) is 11.2 Å². The third-order valence-electron chi connectivity index (χ3n) is 11.1. The molecule has 11 aromatic rings. The summed E-state index contributed by atoms with van der Waals surface area (Å²) in [5.41, 5.74) is 11.9. The fourth-order valence-corrected chi connectivity index (χ4v) is 9.83. The van der Waals surface area contributed by atoms with Crippen LogP contribution in [-0.4, -0.2) is 0 Å². The van der Waals surface area contributed by atoms with Gasteiger partial charge >= 0.3 is 0 Å². The van der Waals surface area contributed by atoms with Gasteiger partial charge in [0.05, 0.1) is 0 Å². The van der Waals surface area contributed by atoms with Crippen LogP contribution >= 0.6 is 11.3 Å². The average molecular weight is 681 g/mol. The van der Waals surface area contributed by atoms with Gasteiger partial charge in [-0.25, -0.2) is 0 Å². The van der Waals surface area contributed by atoms with Crippen molar-refractivity contribution in [1.82, 2.24) is 0 Å². The molecule has 2 heteroatoms. The minimum absolute atomic E-state index is 0.915. The molecule has 0 aliphatic rings. The second kappa shape index (κ2) is 11.1. The number of hydrogen-bond donors (Lipinski definition) is 0. The molecule has 0 amide bonds. The molecular formula is C50H32OS. The number of aryl methyl sites for hydroxylation is 2. The Morgan fingerprint density at radius 2 is 0.962 bits per heavy atom. The Labute approximate surface area is 305 Å². The lowest BCUT2D eigenvalue weighted by molar-refractivity contribution is 0.669. The normalized spacial score (nSPS) is 12.0. The molecule has 0 atom stereocenters. The number of para-hydroxylation sites is 1. The molecule has 2 aromatic heterocycles. The minimum Gasteiger partial charge on any atom is -0.456 e. The largest absolute Gasteiger partial charge is 0.456 e. The zero-order chi connectivity index (χ0) is 34.5. The van der Waals surface area contributed by atoms with Crippen LogP contribution in [0.3, 0.4) is 0 Å². The molecule has 11 rings (SSSR count). The summed E-state index contributed by atoms with van der Waals surface area (Å²) in [5, 5.41) is 12.6. The zero-order valence-electron chi connectivity index (χ0n) is 28.8. The summed E-state index contributed by atoms with van der Waals surface area (Å²) in [6.07, 6.45) is 0. The lowest BCUT2D eigenvalue weighted by Crippen LogP contribution is -1.93. The maximum Gasteiger partial charge on any atom is 0.136 e. The number of hydrogen-bond acceptors (Lipinski definition) is 2. The summed E-state index contributed by atoms with van der Waals surface area (Å²) in [5.74, 6) is 0. The van der Waals surface area contributed by atoms with Crippen LogP contribution in [0.4, 0.5) is 0 Å². The van der Waals surface area contributed by atoms with Crippen molar-refractivity contribution in [2.75, 3.05) is 0 Å². The maximum absolute atomic E-state index is 6.37. The van der Waals surface area contributed by atoms with Crippen LogP contribution in [0, 0.1) is 13.8 Å². The molecule has 0 fully saturated rings. The molecule has 2 heterocycles. The van der Waals surface area contributed by atoms with Crippen molar-refractivity contribution < 1.29 is 4.42 Å². The summed E-state index contributed by atoms with van der Waals surface area (Å²) < 4.78 is 9.04. The summed E-state index contributed by atoms with van der Waals surface area (Å²) in [6, 6.07) is 58.0. The molecule has 52 heavy (non-hydrogen) atoms. The first kappa shape index (κ1) is 29.5. The molecule has 0 bridgehead atoms. The molecule has 0 spiro atoms. The first-order chi connectivity index (χ1) is 25.6. The van der Waals surface area contributed by atoms with Gasteiger partial charge < -0.3 is 4.42 Å². The quantitative estimate of drug-likeness (QED) is 0.169. The molecule has 0 aliphatic carbocycles. The topological polar surface area (TPSA) is 13.1 Å². The highest BCUT2D eigenvalue weighted by molar-refractivity contribution is 7.26. The number of thiophene rings is 1. The predicted octanol–water partition coefficient (Wildman–Crippen LogP) is 15.0. The molecule has 0 saturated carbocycles. The molecule has 0 aliphatic heterocycles. The Hall–Kier alpha value is -6.22. The lowest BCUT2D eigenvalue weighted by Gasteiger charge is -2.19. The van der Waals surface area contributed by atoms with Crippen molar-refractivity contribution in [2.24, 2.45) is 0 Å². The Bertz CT molecular complexity index is 3210. The molecule has 0 saturated heterocycles. The van der Waals surface area contributed by atoms with Crippen molar-refractivity contribution in [1.29, 1.82) is 0 Å². The number of rotatable bonds is 3. The van der Waals surface area contributed by atoms with Crippen LogP contribution in [0.1, 0.15) is 11.1 Å². The van der Waals surface area contributed by atoms with Gasteiger partial charge in [0.15, 0.2) is 0 Å². The molecule has 1 nitrogen and oxygen atoms in total. The van der Waals surface area contributed by atoms with Gasteiger partial charge in [-0.05, 0) is 133 Å². The molecule has 9 aromatic carbocycles. The SMILES string of the molecule is Cc1ccc(-c2c3ccccc3c(-c3ccc4c(c3)oc3ccccc34)c3ccccc23)cc1-c1cc2sc3ccc4ccccc4c3c2cc1C. The molecule has 0 unspecified atom stereocenters. The highest BCUT2D eigenvalue weighted by Gasteiger charge is 2.20. The fourth-order valence-electron chi connectivity index (χ4n) is 8.69. The third-order valence-corrected chi connectivity index (χ3v) is 12.2. The van der Waals surface area contributed by atoms with Crippen LogP contribution in [0.25, 0.3) is 108 Å². The first-order valence-corrected chi connectivity index (χ1v) is 18.7. The monoisotopic (exact) mass is 680 g/mol. The van der Waals surface area contributed by atoms with E-state index in [1.54, 1.807) is 0 Å². The Morgan fingerprint density at radius 3 is 1.69 bits per heavy atom. The molecule has 0 radical (unpaired) electrons. The predicted molar refractivity (Wildman–Crippen MR) is 225 cm³/mol. The van der Waals surface area contributed by atoms with Crippen LogP contribution in [0.2, 0.25) is 0 Å². The summed E-state index contributed by atoms with van der Waals surface area (Å²) in [6.45, 7) is 4.52. The van der Waals surface area contributed by atoms with Crippen LogP contribution < -0.4 is 0 Å². The number of fused-ring (bicyclic) bond motifs is 10. The smallest absolute Gasteiger partial charge is 0.136 e. The van der Waals surface area contributed by atoms with E-state index in [0.29, 0.717) is 0 Å². The van der Waals surface area contributed by atoms with Gasteiger partial charge in [0.2, 0.25) is 0 Å². The first-order valence-electron chi connectivity index (χ1n) is 17.9. The van der Waals surface area contributed by atoms with E-state index in [1.807, 2.05) is 23.5 Å². The Balaban J connectivity index is 1.13. The van der Waals surface area contributed by atoms with Crippen molar-refractivity contribution in [3.8, 4) is 33.4 Å². The highest BCUT2D eigenvalue weighted by Crippen LogP contribution is 2.47. The van der Waals surface area contributed by atoms with Crippen LogP contribution in [0.15, 0.2) is 162 Å². The average Bonchev–Trinajstić information content (AvgIpc) is 3.74. The van der Waals surface area contributed by atoms with Gasteiger partial charge in [-0.15, -0.1) is 11.3 Å². The zero-order valence-corrected chi connectivity index (χ0v) is 29.6. The summed E-state index contributed by atoms with van der Waals surface area (Å²) in [4.78, 5) is 0. The van der Waals surface area contributed by atoms with Gasteiger partial charge in [0, 0.05) is 30.9 Å². The molecule has 0 N–H and O–H groups in total. The van der Waals surface area contributed by atoms with Gasteiger partial charge in [-0.1, -0.05) is 115 Å². The van der Waals surface area contributed by atoms with E-state index in [4.69, 9.17) is 4.42 Å². The fraction of sp³-hybridized carbons (Fsp3) is 0.0400. The van der Waals surface area contributed by atoms with Crippen LogP contribution in [0.5, 0.6) is 0 Å². The standard InChI is InChI=1S/C50H32OS/c1-29-19-20-32(26-41(29)42-28-47-43(25-30(42)2)50-34-12-4-3-11-31(34)22-24-46(50)52-47)48-37-14-5-7-16-39(37)49(40-17-8-6-15-38(40)48)33-21-23-36-35-13-9-10-18-44(35)51-45(36)27-33/h3-28H,1-2H3. The maximum atomic E-state index is 6.37. The van der Waals surface area contributed by atoms with E-state index in [0.717, 1.165) is 27.5 Å². The Morgan fingerprint density at radius 1 is 0.385 bits per heavy atom. The summed E-state index contributed by atoms with van der Waals surface area (Å²) in [7, 11) is 0. The van der Waals surface area contributed by atoms with Crippen molar-refractivity contribution in [3.63, 3.8) is 0 Å². The van der Waals surface area contributed by atoms with E-state index in [2.05, 4.69) is 159 Å². The lowest BCUT2D eigenvalue weighted by atomic mass is 9.84. The summed E-state index contributed by atoms with van der Waals surface area (Å²) >= 11 is 1.90. The Kier molecular flexibility index (Phi) is 6.32. The number of furan rings is 1. The molecule has 244 valence electrons. The van der Waals surface area contributed by atoms with E-state index < -0.39 is 0 Å². The van der Waals surface area contributed by atoms with Gasteiger partial charge in [-0.3, -0.25) is 0 Å². The van der Waals surface area contributed by atoms with E-state index >= 15 is 0 Å². The second-order valence-corrected chi connectivity index (χ2v) is 15.2. The van der Waals surface area contributed by atoms with Crippen molar-refractivity contribution in [3.05, 3.63) is 169 Å². The van der Waals surface area contributed by atoms with Crippen LogP contribution in [-0.2, 0) is 0 Å². The van der Waals surface area contributed by atoms with E-state index in [9.17, 15) is 0 Å². The second-order valence-electron chi connectivity index (χ2n) is 14.1. The minimum atomic E-state index is 0.915. The van der Waals surface area contributed by atoms with Gasteiger partial charge in [0.25, 0.3) is 0 Å². The van der Waals surface area contributed by atoms with Crippen molar-refractivity contribution >= 4 is 85.8 Å². The van der Waals surface area contributed by atoms with E-state index in [1.165, 1.54) is 91.4 Å². The molecular weight excluding hydrogens is 649 g/mol. The van der Waals surface area contributed by atoms with Gasteiger partial charge in [-0.2, -0.15) is 0 Å². The van der Waals surface area contributed by atoms with E-state index in [-0.39, 0.29) is 0 Å². The third kappa shape index (κ3) is 4.28. The number of benzene rings is 9.